The zero-order valence-electron chi connectivity index (χ0n) is 13.5. The van der Waals surface area contributed by atoms with Crippen LogP contribution in [0.4, 0.5) is 5.69 Å². The molecule has 5 heteroatoms. The zero-order chi connectivity index (χ0) is 16.9. The average Bonchev–Trinajstić information content (AvgIpc) is 2.56. The van der Waals surface area contributed by atoms with E-state index < -0.39 is 11.5 Å². The molecule has 0 radical (unpaired) electrons. The maximum absolute atomic E-state index is 12.3. The summed E-state index contributed by atoms with van der Waals surface area (Å²) < 4.78 is 10.2. The largest absolute Gasteiger partial charge is 0.497 e. The standard InChI is InChI=1S/C18H21NO4/c1-18(21,12-13-4-8-15(22-2)9-5-13)17(20)19-14-6-10-16(23-3)11-7-14/h4-11,21H,12H2,1-3H3,(H,19,20). The Bertz CT molecular complexity index is 648. The maximum atomic E-state index is 12.3. The Morgan fingerprint density at radius 3 is 1.96 bits per heavy atom. The minimum atomic E-state index is -1.52. The molecule has 122 valence electrons. The number of methoxy groups -OCH3 is 2. The van der Waals surface area contributed by atoms with E-state index in [9.17, 15) is 9.90 Å². The third kappa shape index (κ3) is 4.47. The van der Waals surface area contributed by atoms with Crippen molar-refractivity contribution in [1.29, 1.82) is 0 Å². The molecule has 0 aliphatic heterocycles. The fourth-order valence-corrected chi connectivity index (χ4v) is 2.16. The Labute approximate surface area is 135 Å². The Hall–Kier alpha value is -2.53. The summed E-state index contributed by atoms with van der Waals surface area (Å²) in [6, 6.07) is 14.2. The molecule has 5 nitrogen and oxygen atoms in total. The third-order valence-electron chi connectivity index (χ3n) is 3.54. The number of aliphatic hydroxyl groups is 1. The van der Waals surface area contributed by atoms with Crippen LogP contribution in [0.1, 0.15) is 12.5 Å². The van der Waals surface area contributed by atoms with Crippen LogP contribution in [-0.4, -0.2) is 30.8 Å². The lowest BCUT2D eigenvalue weighted by Gasteiger charge is -2.22. The number of ether oxygens (including phenoxy) is 2. The summed E-state index contributed by atoms with van der Waals surface area (Å²) in [5.41, 5.74) is -0.0689. The molecule has 0 spiro atoms. The van der Waals surface area contributed by atoms with Gasteiger partial charge in [-0.2, -0.15) is 0 Å². The summed E-state index contributed by atoms with van der Waals surface area (Å²) in [7, 11) is 3.17. The van der Waals surface area contributed by atoms with Crippen LogP contribution in [0.2, 0.25) is 0 Å². The molecule has 1 unspecified atom stereocenters. The quantitative estimate of drug-likeness (QED) is 0.860. The maximum Gasteiger partial charge on any atom is 0.256 e. The topological polar surface area (TPSA) is 67.8 Å². The van der Waals surface area contributed by atoms with Crippen LogP contribution in [0.3, 0.4) is 0 Å². The van der Waals surface area contributed by atoms with E-state index >= 15 is 0 Å². The number of anilines is 1. The monoisotopic (exact) mass is 315 g/mol. The minimum Gasteiger partial charge on any atom is -0.497 e. The van der Waals surface area contributed by atoms with Crippen LogP contribution in [0.5, 0.6) is 11.5 Å². The van der Waals surface area contributed by atoms with Crippen molar-refractivity contribution in [2.24, 2.45) is 0 Å². The van der Waals surface area contributed by atoms with Gasteiger partial charge in [0, 0.05) is 12.1 Å². The number of nitrogens with one attached hydrogen (secondary N) is 1. The van der Waals surface area contributed by atoms with Crippen molar-refractivity contribution in [3.63, 3.8) is 0 Å². The highest BCUT2D eigenvalue weighted by Gasteiger charge is 2.30. The molecule has 0 fully saturated rings. The summed E-state index contributed by atoms with van der Waals surface area (Å²) in [4.78, 5) is 12.3. The van der Waals surface area contributed by atoms with Gasteiger partial charge in [0.05, 0.1) is 14.2 Å². The summed E-state index contributed by atoms with van der Waals surface area (Å²) in [5.74, 6) is 0.975. The number of rotatable bonds is 6. The lowest BCUT2D eigenvalue weighted by atomic mass is 9.95. The highest BCUT2D eigenvalue weighted by atomic mass is 16.5. The fraction of sp³-hybridized carbons (Fsp3) is 0.278. The molecule has 2 aromatic rings. The molecule has 2 aromatic carbocycles. The van der Waals surface area contributed by atoms with Crippen LogP contribution in [0, 0.1) is 0 Å². The van der Waals surface area contributed by atoms with E-state index in [-0.39, 0.29) is 6.42 Å². The lowest BCUT2D eigenvalue weighted by molar-refractivity contribution is -0.132. The molecule has 1 atom stereocenters. The van der Waals surface area contributed by atoms with Crippen molar-refractivity contribution in [3.8, 4) is 11.5 Å². The minimum absolute atomic E-state index is 0.207. The highest BCUT2D eigenvalue weighted by molar-refractivity contribution is 5.97. The van der Waals surface area contributed by atoms with Crippen LogP contribution in [0.25, 0.3) is 0 Å². The average molecular weight is 315 g/mol. The van der Waals surface area contributed by atoms with Crippen LogP contribution >= 0.6 is 0 Å². The summed E-state index contributed by atoms with van der Waals surface area (Å²) >= 11 is 0. The van der Waals surface area contributed by atoms with E-state index in [1.54, 1.807) is 50.6 Å². The molecule has 0 saturated heterocycles. The van der Waals surface area contributed by atoms with Crippen molar-refractivity contribution in [2.75, 3.05) is 19.5 Å². The number of amides is 1. The summed E-state index contributed by atoms with van der Waals surface area (Å²) in [6.45, 7) is 1.50. The first-order valence-electron chi connectivity index (χ1n) is 7.25. The second kappa shape index (κ2) is 7.15. The van der Waals surface area contributed by atoms with E-state index in [0.29, 0.717) is 11.4 Å². The molecule has 2 N–H and O–H groups in total. The van der Waals surface area contributed by atoms with Gasteiger partial charge in [-0.05, 0) is 48.9 Å². The van der Waals surface area contributed by atoms with Gasteiger partial charge in [0.2, 0.25) is 0 Å². The van der Waals surface area contributed by atoms with Gasteiger partial charge in [-0.25, -0.2) is 0 Å². The zero-order valence-corrected chi connectivity index (χ0v) is 13.5. The SMILES string of the molecule is COc1ccc(CC(C)(O)C(=O)Nc2ccc(OC)cc2)cc1. The Balaban J connectivity index is 2.03. The second-order valence-corrected chi connectivity index (χ2v) is 5.48. The van der Waals surface area contributed by atoms with Crippen LogP contribution < -0.4 is 14.8 Å². The van der Waals surface area contributed by atoms with Gasteiger partial charge in [-0.15, -0.1) is 0 Å². The number of hydrogen-bond acceptors (Lipinski definition) is 4. The molecule has 0 saturated carbocycles. The highest BCUT2D eigenvalue weighted by Crippen LogP contribution is 2.20. The van der Waals surface area contributed by atoms with E-state index in [1.165, 1.54) is 6.92 Å². The molecule has 1 amide bonds. The predicted octanol–water partition coefficient (Wildman–Crippen LogP) is 2.64. The molecular formula is C18H21NO4. The van der Waals surface area contributed by atoms with Crippen LogP contribution in [-0.2, 0) is 11.2 Å². The van der Waals surface area contributed by atoms with Crippen LogP contribution in [0.15, 0.2) is 48.5 Å². The van der Waals surface area contributed by atoms with Crippen molar-refractivity contribution in [1.82, 2.24) is 0 Å². The Morgan fingerprint density at radius 1 is 1.00 bits per heavy atom. The first-order valence-corrected chi connectivity index (χ1v) is 7.25. The molecule has 0 bridgehead atoms. The lowest BCUT2D eigenvalue weighted by Crippen LogP contribution is -2.42. The summed E-state index contributed by atoms with van der Waals surface area (Å²) in [5, 5.41) is 13.2. The van der Waals surface area contributed by atoms with Gasteiger partial charge in [-0.1, -0.05) is 12.1 Å². The van der Waals surface area contributed by atoms with E-state index in [2.05, 4.69) is 5.32 Å². The van der Waals surface area contributed by atoms with Gasteiger partial charge in [0.15, 0.2) is 0 Å². The van der Waals surface area contributed by atoms with Gasteiger partial charge in [0.25, 0.3) is 5.91 Å². The van der Waals surface area contributed by atoms with E-state index in [4.69, 9.17) is 9.47 Å². The molecule has 0 aliphatic carbocycles. The van der Waals surface area contributed by atoms with Gasteiger partial charge < -0.3 is 19.9 Å². The smallest absolute Gasteiger partial charge is 0.256 e. The van der Waals surface area contributed by atoms with Crippen molar-refractivity contribution in [2.45, 2.75) is 18.9 Å². The molecular weight excluding hydrogens is 294 g/mol. The van der Waals surface area contributed by atoms with Gasteiger partial charge in [0.1, 0.15) is 17.1 Å². The van der Waals surface area contributed by atoms with E-state index in [1.807, 2.05) is 12.1 Å². The molecule has 23 heavy (non-hydrogen) atoms. The second-order valence-electron chi connectivity index (χ2n) is 5.48. The third-order valence-corrected chi connectivity index (χ3v) is 3.54. The molecule has 0 heterocycles. The Kier molecular flexibility index (Phi) is 5.24. The fourth-order valence-electron chi connectivity index (χ4n) is 2.16. The van der Waals surface area contributed by atoms with Gasteiger partial charge >= 0.3 is 0 Å². The molecule has 0 aliphatic rings. The number of hydrogen-bond donors (Lipinski definition) is 2. The van der Waals surface area contributed by atoms with Crippen molar-refractivity contribution < 1.29 is 19.4 Å². The predicted molar refractivity (Wildman–Crippen MR) is 88.9 cm³/mol. The number of carbonyl (C=O) groups excluding carboxylic acids is 1. The van der Waals surface area contributed by atoms with Crippen molar-refractivity contribution in [3.05, 3.63) is 54.1 Å². The van der Waals surface area contributed by atoms with E-state index in [0.717, 1.165) is 11.3 Å². The van der Waals surface area contributed by atoms with Crippen molar-refractivity contribution >= 4 is 11.6 Å². The number of benzene rings is 2. The number of carbonyl (C=O) groups is 1. The van der Waals surface area contributed by atoms with Gasteiger partial charge in [-0.3, -0.25) is 4.79 Å². The first-order chi connectivity index (χ1) is 10.9. The summed E-state index contributed by atoms with van der Waals surface area (Å²) in [6.07, 6.45) is 0.207. The molecule has 0 aromatic heterocycles. The first kappa shape index (κ1) is 16.8. The molecule has 2 rings (SSSR count). The Morgan fingerprint density at radius 2 is 1.48 bits per heavy atom. The normalized spacial score (nSPS) is 13.0.